The maximum Gasteiger partial charge on any atom is 0.322 e. The van der Waals surface area contributed by atoms with E-state index in [4.69, 9.17) is 0 Å². The van der Waals surface area contributed by atoms with Crippen LogP contribution in [0.4, 0.5) is 10.5 Å². The van der Waals surface area contributed by atoms with E-state index in [1.807, 2.05) is 18.5 Å². The highest BCUT2D eigenvalue weighted by Crippen LogP contribution is 2.28. The molecule has 0 bridgehead atoms. The number of amides is 2. The number of hydrogen-bond donors (Lipinski definition) is 1. The van der Waals surface area contributed by atoms with Gasteiger partial charge in [-0.2, -0.15) is 5.10 Å². The first-order valence-corrected chi connectivity index (χ1v) is 9.35. The molecule has 2 amide bonds. The summed E-state index contributed by atoms with van der Waals surface area (Å²) in [5.74, 6) is 1.16. The van der Waals surface area contributed by atoms with Crippen molar-refractivity contribution in [1.82, 2.24) is 14.7 Å². The summed E-state index contributed by atoms with van der Waals surface area (Å²) in [6.07, 6.45) is 3.38. The van der Waals surface area contributed by atoms with Gasteiger partial charge >= 0.3 is 6.03 Å². The fraction of sp³-hybridized carbons (Fsp3) is 0.789. The third-order valence-electron chi connectivity index (χ3n) is 5.29. The maximum atomic E-state index is 13.0. The minimum absolute atomic E-state index is 0.0253. The van der Waals surface area contributed by atoms with E-state index in [1.54, 1.807) is 0 Å². The molecule has 0 aromatic carbocycles. The van der Waals surface area contributed by atoms with Crippen molar-refractivity contribution < 1.29 is 4.79 Å². The number of nitrogens with zero attached hydrogens (tertiary/aromatic N) is 3. The molecule has 0 saturated carbocycles. The molecule has 136 valence electrons. The van der Waals surface area contributed by atoms with Gasteiger partial charge in [0, 0.05) is 18.6 Å². The average molecular weight is 335 g/mol. The summed E-state index contributed by atoms with van der Waals surface area (Å²) in [6, 6.07) is 0.629. The van der Waals surface area contributed by atoms with E-state index in [9.17, 15) is 4.79 Å². The normalized spacial score (nSPS) is 22.1. The van der Waals surface area contributed by atoms with Crippen molar-refractivity contribution in [3.8, 4) is 0 Å². The lowest BCUT2D eigenvalue weighted by molar-refractivity contribution is 0.168. The molecule has 5 nitrogen and oxygen atoms in total. The van der Waals surface area contributed by atoms with E-state index in [2.05, 4.69) is 49.9 Å². The van der Waals surface area contributed by atoms with Crippen LogP contribution in [0.1, 0.15) is 71.3 Å². The van der Waals surface area contributed by atoms with E-state index in [0.717, 1.165) is 36.5 Å². The zero-order valence-electron chi connectivity index (χ0n) is 16.4. The number of carbonyl (C=O) groups excluding carboxylic acids is 1. The summed E-state index contributed by atoms with van der Waals surface area (Å²) in [4.78, 5) is 15.1. The Kier molecular flexibility index (Phi) is 5.94. The Morgan fingerprint density at radius 2 is 1.83 bits per heavy atom. The van der Waals surface area contributed by atoms with Crippen molar-refractivity contribution in [3.05, 3.63) is 11.4 Å². The van der Waals surface area contributed by atoms with Gasteiger partial charge in [-0.25, -0.2) is 4.79 Å². The Balaban J connectivity index is 2.21. The molecule has 1 fully saturated rings. The monoisotopic (exact) mass is 334 g/mol. The quantitative estimate of drug-likeness (QED) is 0.866. The average Bonchev–Trinajstić information content (AvgIpc) is 2.68. The van der Waals surface area contributed by atoms with Crippen molar-refractivity contribution in [2.45, 2.75) is 79.8 Å². The predicted octanol–water partition coefficient (Wildman–Crippen LogP) is 4.76. The zero-order valence-corrected chi connectivity index (χ0v) is 16.4. The van der Waals surface area contributed by atoms with E-state index in [-0.39, 0.29) is 12.1 Å². The summed E-state index contributed by atoms with van der Waals surface area (Å²) in [5.41, 5.74) is 2.78. The molecular weight excluding hydrogens is 300 g/mol. The summed E-state index contributed by atoms with van der Waals surface area (Å²) < 4.78 is 1.98. The van der Waals surface area contributed by atoms with E-state index >= 15 is 0 Å². The Labute approximate surface area is 146 Å². The largest absolute Gasteiger partial charge is 0.322 e. The van der Waals surface area contributed by atoms with Crippen LogP contribution in [0.5, 0.6) is 0 Å². The van der Waals surface area contributed by atoms with Crippen LogP contribution in [0, 0.1) is 25.7 Å². The minimum Gasteiger partial charge on any atom is -0.321 e. The van der Waals surface area contributed by atoms with Crippen molar-refractivity contribution in [1.29, 1.82) is 0 Å². The van der Waals surface area contributed by atoms with Gasteiger partial charge in [-0.15, -0.1) is 0 Å². The van der Waals surface area contributed by atoms with Gasteiger partial charge in [0.2, 0.25) is 0 Å². The van der Waals surface area contributed by atoms with E-state index in [1.165, 1.54) is 6.42 Å². The van der Waals surface area contributed by atoms with Gasteiger partial charge in [0.15, 0.2) is 0 Å². The molecule has 2 heterocycles. The zero-order chi connectivity index (χ0) is 18.0. The van der Waals surface area contributed by atoms with E-state index in [0.29, 0.717) is 17.9 Å². The lowest BCUT2D eigenvalue weighted by atomic mass is 9.95. The smallest absolute Gasteiger partial charge is 0.321 e. The van der Waals surface area contributed by atoms with Gasteiger partial charge < -0.3 is 10.2 Å². The molecule has 0 aliphatic carbocycles. The van der Waals surface area contributed by atoms with Gasteiger partial charge in [0.1, 0.15) is 0 Å². The SMILES string of the molecule is Cc1nn(C(C)C)c(C)c1NC(=O)N1CC[C@@H](C)CC[C@H]1C(C)C. The van der Waals surface area contributed by atoms with Crippen molar-refractivity contribution >= 4 is 11.7 Å². The van der Waals surface area contributed by atoms with Gasteiger partial charge in [0.25, 0.3) is 0 Å². The molecule has 1 aliphatic rings. The highest BCUT2D eigenvalue weighted by Gasteiger charge is 2.30. The van der Waals surface area contributed by atoms with Crippen LogP contribution in [-0.2, 0) is 0 Å². The van der Waals surface area contributed by atoms with Gasteiger partial charge in [-0.3, -0.25) is 4.68 Å². The van der Waals surface area contributed by atoms with Crippen LogP contribution >= 0.6 is 0 Å². The van der Waals surface area contributed by atoms with Crippen LogP contribution in [0.25, 0.3) is 0 Å². The highest BCUT2D eigenvalue weighted by atomic mass is 16.2. The first-order chi connectivity index (χ1) is 11.2. The molecule has 0 spiro atoms. The lowest BCUT2D eigenvalue weighted by Crippen LogP contribution is -2.45. The van der Waals surface area contributed by atoms with Crippen molar-refractivity contribution in [3.63, 3.8) is 0 Å². The van der Waals surface area contributed by atoms with Gasteiger partial charge in [-0.05, 0) is 58.8 Å². The minimum atomic E-state index is 0.0253. The number of urea groups is 1. The summed E-state index contributed by atoms with van der Waals surface area (Å²) in [7, 11) is 0. The predicted molar refractivity (Wildman–Crippen MR) is 99.5 cm³/mol. The second kappa shape index (κ2) is 7.58. The first-order valence-electron chi connectivity index (χ1n) is 9.35. The first kappa shape index (κ1) is 18.8. The van der Waals surface area contributed by atoms with Crippen molar-refractivity contribution in [2.75, 3.05) is 11.9 Å². The molecule has 5 heteroatoms. The molecule has 24 heavy (non-hydrogen) atoms. The molecule has 2 atom stereocenters. The van der Waals surface area contributed by atoms with Gasteiger partial charge in [-0.1, -0.05) is 20.8 Å². The molecule has 1 aromatic rings. The number of aryl methyl sites for hydroxylation is 1. The molecule has 2 rings (SSSR count). The number of nitrogens with one attached hydrogen (secondary N) is 1. The molecular formula is C19H34N4O. The lowest BCUT2D eigenvalue weighted by Gasteiger charge is -2.33. The fourth-order valence-electron chi connectivity index (χ4n) is 3.75. The topological polar surface area (TPSA) is 50.2 Å². The number of carbonyl (C=O) groups is 1. The van der Waals surface area contributed by atoms with E-state index < -0.39 is 0 Å². The number of rotatable bonds is 3. The summed E-state index contributed by atoms with van der Waals surface area (Å²) in [6.45, 7) is 15.8. The number of anilines is 1. The molecule has 0 radical (unpaired) electrons. The summed E-state index contributed by atoms with van der Waals surface area (Å²) >= 11 is 0. The fourth-order valence-corrected chi connectivity index (χ4v) is 3.75. The molecule has 1 aliphatic heterocycles. The van der Waals surface area contributed by atoms with Crippen LogP contribution < -0.4 is 5.32 Å². The Bertz CT molecular complexity index is 576. The molecule has 0 unspecified atom stereocenters. The second-order valence-corrected chi connectivity index (χ2v) is 7.99. The molecule has 1 saturated heterocycles. The Morgan fingerprint density at radius 3 is 2.38 bits per heavy atom. The third-order valence-corrected chi connectivity index (χ3v) is 5.29. The van der Waals surface area contributed by atoms with Crippen molar-refractivity contribution in [2.24, 2.45) is 11.8 Å². The van der Waals surface area contributed by atoms with Crippen LogP contribution in [0.15, 0.2) is 0 Å². The Morgan fingerprint density at radius 1 is 1.17 bits per heavy atom. The number of likely N-dealkylation sites (tertiary alicyclic amines) is 1. The van der Waals surface area contributed by atoms with Crippen LogP contribution in [-0.4, -0.2) is 33.3 Å². The highest BCUT2D eigenvalue weighted by molar-refractivity contribution is 5.90. The summed E-state index contributed by atoms with van der Waals surface area (Å²) in [5, 5.41) is 7.73. The standard InChI is InChI=1S/C19H34N4O/c1-12(2)17-9-8-14(5)10-11-22(17)19(24)20-18-15(6)21-23(13(3)4)16(18)7/h12-14,17H,8-11H2,1-7H3,(H,20,24)/t14-,17-/m0/s1. The third kappa shape index (κ3) is 3.93. The second-order valence-electron chi connectivity index (χ2n) is 7.99. The van der Waals surface area contributed by atoms with Crippen LogP contribution in [0.3, 0.4) is 0 Å². The number of aromatic nitrogens is 2. The molecule has 1 N–H and O–H groups in total. The maximum absolute atomic E-state index is 13.0. The number of hydrogen-bond acceptors (Lipinski definition) is 2. The Hall–Kier alpha value is -1.52. The molecule has 1 aromatic heterocycles. The van der Waals surface area contributed by atoms with Gasteiger partial charge in [0.05, 0.1) is 17.1 Å². The van der Waals surface area contributed by atoms with Crippen LogP contribution in [0.2, 0.25) is 0 Å².